The summed E-state index contributed by atoms with van der Waals surface area (Å²) in [7, 11) is 0. The minimum atomic E-state index is -0.908. The standard InChI is InChI=1S/C14H21N3O3S/c1-13(2)10-9(4-3-5-20-10)14(13,15)11(18)16-6-8-7-21-12(19)17-8/h7,9-10H,3-6,15H2,1-2H3,(H,16,18)(H,17,19). The zero-order chi connectivity index (χ0) is 15.3. The van der Waals surface area contributed by atoms with Crippen molar-refractivity contribution in [1.82, 2.24) is 10.3 Å². The first kappa shape index (κ1) is 14.7. The van der Waals surface area contributed by atoms with Crippen molar-refractivity contribution in [3.63, 3.8) is 0 Å². The molecular formula is C14H21N3O3S. The van der Waals surface area contributed by atoms with Crippen LogP contribution in [0.15, 0.2) is 10.2 Å². The molecule has 0 bridgehead atoms. The van der Waals surface area contributed by atoms with E-state index < -0.39 is 5.54 Å². The van der Waals surface area contributed by atoms with E-state index >= 15 is 0 Å². The molecule has 2 fully saturated rings. The fourth-order valence-electron chi connectivity index (χ4n) is 3.76. The van der Waals surface area contributed by atoms with Crippen LogP contribution < -0.4 is 15.9 Å². The van der Waals surface area contributed by atoms with Gasteiger partial charge in [0, 0.05) is 29.0 Å². The van der Waals surface area contributed by atoms with Gasteiger partial charge in [-0.2, -0.15) is 0 Å². The first-order chi connectivity index (χ1) is 9.87. The molecule has 2 heterocycles. The Balaban J connectivity index is 1.72. The summed E-state index contributed by atoms with van der Waals surface area (Å²) in [6.07, 6.45) is 1.93. The number of amides is 1. The van der Waals surface area contributed by atoms with Crippen LogP contribution in [0, 0.1) is 11.3 Å². The van der Waals surface area contributed by atoms with Crippen molar-refractivity contribution in [3.8, 4) is 0 Å². The molecule has 6 nitrogen and oxygen atoms in total. The highest BCUT2D eigenvalue weighted by Gasteiger charge is 2.70. The van der Waals surface area contributed by atoms with Gasteiger partial charge in [-0.15, -0.1) is 0 Å². The van der Waals surface area contributed by atoms with E-state index in [4.69, 9.17) is 10.5 Å². The average Bonchev–Trinajstić information content (AvgIpc) is 2.89. The summed E-state index contributed by atoms with van der Waals surface area (Å²) in [4.78, 5) is 26.3. The van der Waals surface area contributed by atoms with Gasteiger partial charge in [-0.1, -0.05) is 25.2 Å². The van der Waals surface area contributed by atoms with Crippen LogP contribution in [-0.4, -0.2) is 29.1 Å². The number of carbonyl (C=O) groups excluding carboxylic acids is 1. The molecule has 2 aliphatic rings. The van der Waals surface area contributed by atoms with Crippen molar-refractivity contribution in [3.05, 3.63) is 20.7 Å². The van der Waals surface area contributed by atoms with Crippen molar-refractivity contribution < 1.29 is 9.53 Å². The number of hydrogen-bond acceptors (Lipinski definition) is 5. The first-order valence-corrected chi connectivity index (χ1v) is 8.11. The van der Waals surface area contributed by atoms with E-state index in [0.717, 1.165) is 30.8 Å². The second-order valence-corrected chi connectivity index (χ2v) is 7.33. The number of carbonyl (C=O) groups is 1. The van der Waals surface area contributed by atoms with E-state index in [9.17, 15) is 9.59 Å². The van der Waals surface area contributed by atoms with E-state index in [2.05, 4.69) is 10.3 Å². The van der Waals surface area contributed by atoms with Crippen LogP contribution in [0.3, 0.4) is 0 Å². The summed E-state index contributed by atoms with van der Waals surface area (Å²) in [5.74, 6) is -0.0888. The number of nitrogens with two attached hydrogens (primary N) is 1. The highest BCUT2D eigenvalue weighted by atomic mass is 32.1. The molecular weight excluding hydrogens is 290 g/mol. The molecule has 1 aliphatic heterocycles. The van der Waals surface area contributed by atoms with E-state index in [1.807, 2.05) is 13.8 Å². The normalized spacial score (nSPS) is 33.9. The van der Waals surface area contributed by atoms with Crippen molar-refractivity contribution in [2.24, 2.45) is 17.1 Å². The molecule has 1 saturated heterocycles. The van der Waals surface area contributed by atoms with Crippen molar-refractivity contribution >= 4 is 17.2 Å². The Morgan fingerprint density at radius 2 is 2.38 bits per heavy atom. The molecule has 7 heteroatoms. The summed E-state index contributed by atoms with van der Waals surface area (Å²) >= 11 is 1.09. The van der Waals surface area contributed by atoms with Gasteiger partial charge in [0.05, 0.1) is 12.6 Å². The lowest BCUT2D eigenvalue weighted by Crippen LogP contribution is -2.82. The summed E-state index contributed by atoms with van der Waals surface area (Å²) in [6.45, 7) is 5.03. The van der Waals surface area contributed by atoms with Gasteiger partial charge in [0.15, 0.2) is 0 Å². The minimum absolute atomic E-state index is 0.0583. The van der Waals surface area contributed by atoms with Crippen LogP contribution in [0.5, 0.6) is 0 Å². The lowest BCUT2D eigenvalue weighted by Gasteiger charge is -2.65. The molecule has 0 aromatic carbocycles. The van der Waals surface area contributed by atoms with Gasteiger partial charge < -0.3 is 20.8 Å². The van der Waals surface area contributed by atoms with Gasteiger partial charge in [-0.3, -0.25) is 9.59 Å². The summed E-state index contributed by atoms with van der Waals surface area (Å²) < 4.78 is 5.80. The van der Waals surface area contributed by atoms with Crippen molar-refractivity contribution in [1.29, 1.82) is 0 Å². The van der Waals surface area contributed by atoms with E-state index in [1.165, 1.54) is 0 Å². The molecule has 3 rings (SSSR count). The SMILES string of the molecule is CC1(C)C2OCCCC2C1(N)C(=O)NCc1csc(=O)[nH]1. The number of aromatic amines is 1. The summed E-state index contributed by atoms with van der Waals surface area (Å²) in [5.41, 5.74) is 5.90. The molecule has 1 aliphatic carbocycles. The monoisotopic (exact) mass is 311 g/mol. The van der Waals surface area contributed by atoms with E-state index in [-0.39, 0.29) is 28.2 Å². The van der Waals surface area contributed by atoms with Gasteiger partial charge in [0.1, 0.15) is 5.54 Å². The maximum atomic E-state index is 12.6. The van der Waals surface area contributed by atoms with Crippen LogP contribution in [0.2, 0.25) is 0 Å². The van der Waals surface area contributed by atoms with Crippen LogP contribution in [0.4, 0.5) is 0 Å². The largest absolute Gasteiger partial charge is 0.377 e. The highest BCUT2D eigenvalue weighted by molar-refractivity contribution is 7.07. The molecule has 1 amide bonds. The summed E-state index contributed by atoms with van der Waals surface area (Å²) in [6, 6.07) is 0. The van der Waals surface area contributed by atoms with Crippen LogP contribution in [0.25, 0.3) is 0 Å². The Bertz CT molecular complexity index is 609. The molecule has 1 aromatic rings. The van der Waals surface area contributed by atoms with E-state index in [1.54, 1.807) is 5.38 Å². The van der Waals surface area contributed by atoms with Gasteiger partial charge >= 0.3 is 4.87 Å². The second-order valence-electron chi connectivity index (χ2n) is 6.49. The second kappa shape index (κ2) is 4.93. The van der Waals surface area contributed by atoms with Gasteiger partial charge in [0.2, 0.25) is 5.91 Å². The lowest BCUT2D eigenvalue weighted by atomic mass is 9.46. The Hall–Kier alpha value is -1.18. The number of hydrogen-bond donors (Lipinski definition) is 3. The van der Waals surface area contributed by atoms with Gasteiger partial charge in [-0.25, -0.2) is 0 Å². The lowest BCUT2D eigenvalue weighted by molar-refractivity contribution is -0.225. The third-order valence-corrected chi connectivity index (χ3v) is 5.79. The number of fused-ring (bicyclic) bond motifs is 1. The zero-order valence-corrected chi connectivity index (χ0v) is 13.1. The van der Waals surface area contributed by atoms with Gasteiger partial charge in [0.25, 0.3) is 0 Å². The maximum Gasteiger partial charge on any atom is 0.304 e. The van der Waals surface area contributed by atoms with Gasteiger partial charge in [-0.05, 0) is 12.8 Å². The molecule has 4 N–H and O–H groups in total. The Labute approximate surface area is 127 Å². The number of nitrogens with one attached hydrogen (secondary N) is 2. The minimum Gasteiger partial charge on any atom is -0.377 e. The molecule has 1 aromatic heterocycles. The topological polar surface area (TPSA) is 97.2 Å². The molecule has 0 spiro atoms. The molecule has 3 atom stereocenters. The Kier molecular flexibility index (Phi) is 3.46. The smallest absolute Gasteiger partial charge is 0.304 e. The third-order valence-electron chi connectivity index (χ3n) is 5.07. The number of rotatable bonds is 3. The quantitative estimate of drug-likeness (QED) is 0.761. The molecule has 3 unspecified atom stereocenters. The first-order valence-electron chi connectivity index (χ1n) is 7.23. The van der Waals surface area contributed by atoms with E-state index in [0.29, 0.717) is 12.2 Å². The van der Waals surface area contributed by atoms with Crippen LogP contribution in [-0.2, 0) is 16.1 Å². The predicted molar refractivity (Wildman–Crippen MR) is 79.9 cm³/mol. The van der Waals surface area contributed by atoms with Crippen molar-refractivity contribution in [2.45, 2.75) is 44.9 Å². The Morgan fingerprint density at radius 3 is 3.05 bits per heavy atom. The molecule has 0 radical (unpaired) electrons. The maximum absolute atomic E-state index is 12.6. The molecule has 21 heavy (non-hydrogen) atoms. The summed E-state index contributed by atoms with van der Waals surface area (Å²) in [5, 5.41) is 4.57. The fourth-order valence-corrected chi connectivity index (χ4v) is 4.34. The molecule has 1 saturated carbocycles. The molecule has 116 valence electrons. The number of H-pyrrole nitrogens is 1. The highest BCUT2D eigenvalue weighted by Crippen LogP contribution is 2.57. The number of ether oxygens (including phenoxy) is 1. The van der Waals surface area contributed by atoms with Crippen molar-refractivity contribution in [2.75, 3.05) is 6.61 Å². The van der Waals surface area contributed by atoms with Crippen LogP contribution >= 0.6 is 11.3 Å². The Morgan fingerprint density at radius 1 is 1.62 bits per heavy atom. The number of thiazole rings is 1. The fraction of sp³-hybridized carbons (Fsp3) is 0.714. The average molecular weight is 311 g/mol. The number of aromatic nitrogens is 1. The van der Waals surface area contributed by atoms with Crippen LogP contribution in [0.1, 0.15) is 32.4 Å². The predicted octanol–water partition coefficient (Wildman–Crippen LogP) is 0.585. The third kappa shape index (κ3) is 2.06. The zero-order valence-electron chi connectivity index (χ0n) is 12.3.